The van der Waals surface area contributed by atoms with Gasteiger partial charge in [-0.05, 0) is 43.0 Å². The van der Waals surface area contributed by atoms with Gasteiger partial charge in [0.1, 0.15) is 5.82 Å². The minimum Gasteiger partial charge on any atom is -0.494 e. The van der Waals surface area contributed by atoms with Crippen molar-refractivity contribution in [3.63, 3.8) is 0 Å². The third-order valence-corrected chi connectivity index (χ3v) is 5.09. The number of hydrogen-bond acceptors (Lipinski definition) is 6. The molecule has 9 heteroatoms. The molecule has 0 atom stereocenters. The molecule has 0 fully saturated rings. The van der Waals surface area contributed by atoms with E-state index in [4.69, 9.17) is 9.47 Å². The smallest absolute Gasteiger partial charge is 0.231 e. The van der Waals surface area contributed by atoms with E-state index in [2.05, 4.69) is 10.3 Å². The van der Waals surface area contributed by atoms with Crippen LogP contribution in [-0.4, -0.2) is 33.3 Å². The number of amidine groups is 1. The van der Waals surface area contributed by atoms with E-state index in [1.807, 2.05) is 13.0 Å². The number of rotatable bonds is 4. The summed E-state index contributed by atoms with van der Waals surface area (Å²) in [5, 5.41) is 24.5. The van der Waals surface area contributed by atoms with Crippen molar-refractivity contribution >= 4 is 22.6 Å². The summed E-state index contributed by atoms with van der Waals surface area (Å²) in [6.45, 7) is 2.56. The van der Waals surface area contributed by atoms with E-state index in [0.717, 1.165) is 22.0 Å². The van der Waals surface area contributed by atoms with Crippen LogP contribution in [0.1, 0.15) is 6.92 Å². The zero-order chi connectivity index (χ0) is 20.4. The highest BCUT2D eigenvalue weighted by atomic mass is 32.2. The van der Waals surface area contributed by atoms with Crippen LogP contribution in [0.2, 0.25) is 0 Å². The van der Waals surface area contributed by atoms with Gasteiger partial charge >= 0.3 is 0 Å². The van der Waals surface area contributed by atoms with Crippen molar-refractivity contribution < 1.29 is 24.1 Å². The maximum Gasteiger partial charge on any atom is 0.231 e. The summed E-state index contributed by atoms with van der Waals surface area (Å²) in [5.41, 5.74) is 0.776. The zero-order valence-corrected chi connectivity index (χ0v) is 16.2. The zero-order valence-electron chi connectivity index (χ0n) is 15.4. The summed E-state index contributed by atoms with van der Waals surface area (Å²) in [4.78, 5) is 4.72. The van der Waals surface area contributed by atoms with Crippen LogP contribution in [0.3, 0.4) is 0 Å². The third kappa shape index (κ3) is 3.81. The molecule has 1 aliphatic rings. The van der Waals surface area contributed by atoms with Crippen molar-refractivity contribution in [3.8, 4) is 28.9 Å². The molecule has 150 valence electrons. The Morgan fingerprint density at radius 3 is 2.76 bits per heavy atom. The lowest BCUT2D eigenvalue weighted by atomic mass is 10.3. The van der Waals surface area contributed by atoms with Gasteiger partial charge in [-0.1, -0.05) is 12.1 Å². The van der Waals surface area contributed by atoms with Crippen molar-refractivity contribution in [3.05, 3.63) is 54.3 Å². The van der Waals surface area contributed by atoms with Gasteiger partial charge in [-0.15, -0.1) is 0 Å². The molecule has 0 saturated heterocycles. The third-order valence-electron chi connectivity index (χ3n) is 4.15. The number of aliphatic imine (C=N–C) groups is 1. The molecule has 29 heavy (non-hydrogen) atoms. The maximum absolute atomic E-state index is 14.1. The van der Waals surface area contributed by atoms with E-state index in [1.54, 1.807) is 18.2 Å². The second-order valence-corrected chi connectivity index (χ2v) is 7.08. The number of aromatic nitrogens is 1. The molecule has 0 radical (unpaired) electrons. The van der Waals surface area contributed by atoms with Crippen molar-refractivity contribution in [2.24, 2.45) is 4.99 Å². The molecule has 2 aromatic carbocycles. The van der Waals surface area contributed by atoms with Gasteiger partial charge in [0.2, 0.25) is 12.7 Å². The number of hydrogen-bond donors (Lipinski definition) is 3. The van der Waals surface area contributed by atoms with Crippen molar-refractivity contribution in [1.82, 2.24) is 4.57 Å². The summed E-state index contributed by atoms with van der Waals surface area (Å²) in [6.07, 6.45) is 0. The van der Waals surface area contributed by atoms with Crippen LogP contribution in [0.15, 0.2) is 58.4 Å². The number of nitrogens with zero attached hydrogens (tertiary/aromatic N) is 2. The first-order chi connectivity index (χ1) is 14.1. The molecule has 3 aromatic rings. The molecular weight excluding hydrogens is 397 g/mol. The van der Waals surface area contributed by atoms with E-state index in [1.165, 1.54) is 24.3 Å². The van der Waals surface area contributed by atoms with Crippen LogP contribution in [0.5, 0.6) is 23.3 Å². The topological polar surface area (TPSA) is 88.2 Å². The lowest BCUT2D eigenvalue weighted by Crippen LogP contribution is -2.08. The standard InChI is InChI=1S/C20H18FN3O4S/c1-2-22-20(23-12-7-8-15-16(9-12)28-11-27-15)29-17-10-18(25)24(19(17)26)14-6-4-3-5-13(14)21/h3-10,25-26H,2,11H2,1H3,(H,22,23). The molecule has 0 spiro atoms. The Kier molecular flexibility index (Phi) is 5.22. The highest BCUT2D eigenvalue weighted by molar-refractivity contribution is 8.14. The molecule has 1 aliphatic heterocycles. The van der Waals surface area contributed by atoms with Crippen LogP contribution in [0.25, 0.3) is 5.69 Å². The largest absolute Gasteiger partial charge is 0.494 e. The fourth-order valence-corrected chi connectivity index (χ4v) is 3.77. The summed E-state index contributed by atoms with van der Waals surface area (Å²) < 4.78 is 25.8. The number of aromatic hydroxyl groups is 2. The van der Waals surface area contributed by atoms with Crippen LogP contribution >= 0.6 is 11.8 Å². The average Bonchev–Trinajstić information content (AvgIpc) is 3.27. The van der Waals surface area contributed by atoms with Crippen molar-refractivity contribution in [1.29, 1.82) is 0 Å². The summed E-state index contributed by atoms with van der Waals surface area (Å²) in [7, 11) is 0. The molecule has 1 aromatic heterocycles. The summed E-state index contributed by atoms with van der Waals surface area (Å²) in [6, 6.07) is 12.6. The fourth-order valence-electron chi connectivity index (χ4n) is 2.85. The summed E-state index contributed by atoms with van der Waals surface area (Å²) in [5.74, 6) is 0.165. The lowest BCUT2D eigenvalue weighted by molar-refractivity contribution is 0.174. The van der Waals surface area contributed by atoms with Gasteiger partial charge in [0.15, 0.2) is 22.5 Å². The second kappa shape index (κ2) is 7.96. The molecular formula is C20H18FN3O4S. The van der Waals surface area contributed by atoms with Gasteiger partial charge in [-0.2, -0.15) is 0 Å². The van der Waals surface area contributed by atoms with Crippen molar-refractivity contribution in [2.75, 3.05) is 18.7 Å². The number of fused-ring (bicyclic) bond motifs is 1. The minimum absolute atomic E-state index is 0.0482. The second-order valence-electron chi connectivity index (χ2n) is 6.05. The first kappa shape index (κ1) is 19.0. The van der Waals surface area contributed by atoms with E-state index in [0.29, 0.717) is 28.1 Å². The Bertz CT molecular complexity index is 1080. The first-order valence-electron chi connectivity index (χ1n) is 8.84. The molecule has 0 unspecified atom stereocenters. The monoisotopic (exact) mass is 415 g/mol. The predicted molar refractivity (Wildman–Crippen MR) is 109 cm³/mol. The Balaban J connectivity index is 1.60. The quantitative estimate of drug-likeness (QED) is 0.334. The normalized spacial score (nSPS) is 13.0. The Labute approximate surface area is 170 Å². The molecule has 3 N–H and O–H groups in total. The minimum atomic E-state index is -0.564. The van der Waals surface area contributed by atoms with Crippen LogP contribution in [-0.2, 0) is 0 Å². The molecule has 0 saturated carbocycles. The molecule has 2 heterocycles. The molecule has 7 nitrogen and oxygen atoms in total. The van der Waals surface area contributed by atoms with Gasteiger partial charge in [0, 0.05) is 24.4 Å². The number of halogens is 1. The molecule has 4 rings (SSSR count). The highest BCUT2D eigenvalue weighted by Gasteiger charge is 2.20. The van der Waals surface area contributed by atoms with Gasteiger partial charge in [0.05, 0.1) is 10.6 Å². The van der Waals surface area contributed by atoms with E-state index in [9.17, 15) is 14.6 Å². The number of anilines is 1. The van der Waals surface area contributed by atoms with E-state index < -0.39 is 5.82 Å². The number of para-hydroxylation sites is 1. The van der Waals surface area contributed by atoms with Crippen LogP contribution in [0.4, 0.5) is 10.1 Å². The van der Waals surface area contributed by atoms with Crippen LogP contribution < -0.4 is 14.8 Å². The Hall–Kier alpha value is -3.33. The van der Waals surface area contributed by atoms with E-state index >= 15 is 0 Å². The van der Waals surface area contributed by atoms with Gasteiger partial charge < -0.3 is 25.0 Å². The van der Waals surface area contributed by atoms with Gasteiger partial charge in [-0.3, -0.25) is 4.99 Å². The number of benzene rings is 2. The Morgan fingerprint density at radius 1 is 1.17 bits per heavy atom. The highest BCUT2D eigenvalue weighted by Crippen LogP contribution is 2.40. The summed E-state index contributed by atoms with van der Waals surface area (Å²) >= 11 is 1.12. The fraction of sp³-hybridized carbons (Fsp3) is 0.150. The molecule has 0 amide bonds. The van der Waals surface area contributed by atoms with Gasteiger partial charge in [0.25, 0.3) is 0 Å². The number of thioether (sulfide) groups is 1. The van der Waals surface area contributed by atoms with Crippen molar-refractivity contribution in [2.45, 2.75) is 11.8 Å². The lowest BCUT2D eigenvalue weighted by Gasteiger charge is -2.10. The van der Waals surface area contributed by atoms with Crippen LogP contribution in [0, 0.1) is 5.82 Å². The predicted octanol–water partition coefficient (Wildman–Crippen LogP) is 4.34. The molecule has 0 bridgehead atoms. The number of nitrogens with one attached hydrogen (secondary N) is 1. The average molecular weight is 415 g/mol. The van der Waals surface area contributed by atoms with E-state index in [-0.39, 0.29) is 24.2 Å². The SMILES string of the molecule is CCN=C(Nc1ccc2c(c1)OCO2)Sc1cc(O)n(-c2ccccc2F)c1O. The Morgan fingerprint density at radius 2 is 1.97 bits per heavy atom. The van der Waals surface area contributed by atoms with Gasteiger partial charge in [-0.25, -0.2) is 8.96 Å². The molecule has 0 aliphatic carbocycles. The maximum atomic E-state index is 14.1. The number of ether oxygens (including phenoxy) is 2. The first-order valence-corrected chi connectivity index (χ1v) is 9.66.